The first-order chi connectivity index (χ1) is 18.3. The van der Waals surface area contributed by atoms with Crippen LogP contribution in [-0.4, -0.2) is 52.8 Å². The minimum absolute atomic E-state index is 0.425. The second kappa shape index (κ2) is 9.42. The number of nitrogens with one attached hydrogen (secondary N) is 2. The van der Waals surface area contributed by atoms with Gasteiger partial charge in [0.2, 0.25) is 4.96 Å². The van der Waals surface area contributed by atoms with E-state index in [4.69, 9.17) is 4.98 Å². The molecule has 4 aromatic heterocycles. The van der Waals surface area contributed by atoms with Gasteiger partial charge in [0.1, 0.15) is 22.7 Å². The summed E-state index contributed by atoms with van der Waals surface area (Å²) in [6, 6.07) is 23.2. The number of rotatable bonds is 6. The molecule has 184 valence electrons. The van der Waals surface area contributed by atoms with Crippen LogP contribution in [0.2, 0.25) is 0 Å². The Morgan fingerprint density at radius 3 is 2.51 bits per heavy atom. The maximum atomic E-state index is 4.88. The fourth-order valence-corrected chi connectivity index (χ4v) is 5.82. The van der Waals surface area contributed by atoms with Crippen LogP contribution in [0.3, 0.4) is 0 Å². The predicted octanol–water partition coefficient (Wildman–Crippen LogP) is 5.62. The summed E-state index contributed by atoms with van der Waals surface area (Å²) in [4.78, 5) is 14.9. The Kier molecular flexibility index (Phi) is 5.64. The SMILES string of the molecule is c1ccc(-c2nc3scnn3c2-c2ccc(CN3CCC(c4nnc(-c5ccc[nH]5)[nH]4)CC3)cc2)cc1. The summed E-state index contributed by atoms with van der Waals surface area (Å²) >= 11 is 1.56. The van der Waals surface area contributed by atoms with Crippen LogP contribution in [0.15, 0.2) is 78.4 Å². The number of fused-ring (bicyclic) bond motifs is 1. The Labute approximate surface area is 218 Å². The van der Waals surface area contributed by atoms with Crippen molar-refractivity contribution in [2.45, 2.75) is 25.3 Å². The molecule has 6 aromatic rings. The third-order valence-corrected chi connectivity index (χ3v) is 7.83. The van der Waals surface area contributed by atoms with E-state index in [0.29, 0.717) is 5.92 Å². The molecule has 8 nitrogen and oxygen atoms in total. The molecule has 0 aliphatic carbocycles. The lowest BCUT2D eigenvalue weighted by molar-refractivity contribution is 0.202. The van der Waals surface area contributed by atoms with Crippen LogP contribution in [0.5, 0.6) is 0 Å². The van der Waals surface area contributed by atoms with Gasteiger partial charge in [0.25, 0.3) is 0 Å². The smallest absolute Gasteiger partial charge is 0.213 e. The highest BCUT2D eigenvalue weighted by molar-refractivity contribution is 7.14. The van der Waals surface area contributed by atoms with Crippen molar-refractivity contribution in [3.05, 3.63) is 89.8 Å². The lowest BCUT2D eigenvalue weighted by atomic mass is 9.95. The molecule has 0 amide bonds. The number of hydrogen-bond acceptors (Lipinski definition) is 6. The van der Waals surface area contributed by atoms with Crippen LogP contribution in [0.1, 0.15) is 30.1 Å². The van der Waals surface area contributed by atoms with Crippen LogP contribution in [0.25, 0.3) is 39.0 Å². The summed E-state index contributed by atoms with van der Waals surface area (Å²) in [7, 11) is 0. The standard InChI is InChI=1S/C28H26N8S/c1-2-5-20(6-3-1)24-25(36-28(31-24)37-18-30-36)21-10-8-19(9-11-21)17-35-15-12-22(13-16-35)26-32-27(34-33-26)23-7-4-14-29-23/h1-11,14,18,22,29H,12-13,15-17H2,(H,32,33,34). The number of hydrogen-bond donors (Lipinski definition) is 2. The zero-order valence-electron chi connectivity index (χ0n) is 20.2. The summed E-state index contributed by atoms with van der Waals surface area (Å²) in [5, 5.41) is 13.3. The number of H-pyrrole nitrogens is 2. The number of aromatic amines is 2. The van der Waals surface area contributed by atoms with E-state index in [1.165, 1.54) is 5.56 Å². The van der Waals surface area contributed by atoms with E-state index in [1.807, 2.05) is 34.4 Å². The van der Waals surface area contributed by atoms with E-state index < -0.39 is 0 Å². The largest absolute Gasteiger partial charge is 0.359 e. The molecule has 37 heavy (non-hydrogen) atoms. The maximum Gasteiger partial charge on any atom is 0.213 e. The Hall–Kier alpha value is -4.08. The number of piperidine rings is 1. The molecular formula is C28H26N8S. The van der Waals surface area contributed by atoms with Gasteiger partial charge in [0.15, 0.2) is 5.82 Å². The number of benzene rings is 2. The predicted molar refractivity (Wildman–Crippen MR) is 145 cm³/mol. The number of aromatic nitrogens is 7. The van der Waals surface area contributed by atoms with Crippen molar-refractivity contribution in [3.63, 3.8) is 0 Å². The molecular weight excluding hydrogens is 480 g/mol. The maximum absolute atomic E-state index is 4.88. The second-order valence-electron chi connectivity index (χ2n) is 9.50. The molecule has 7 rings (SSSR count). The first-order valence-corrected chi connectivity index (χ1v) is 13.5. The van der Waals surface area contributed by atoms with Crippen molar-refractivity contribution >= 4 is 16.3 Å². The molecule has 0 atom stereocenters. The Bertz CT molecular complexity index is 1600. The molecule has 0 radical (unpaired) electrons. The first kappa shape index (κ1) is 22.1. The van der Waals surface area contributed by atoms with Gasteiger partial charge < -0.3 is 9.97 Å². The molecule has 2 aromatic carbocycles. The summed E-state index contributed by atoms with van der Waals surface area (Å²) in [6.45, 7) is 3.04. The van der Waals surface area contributed by atoms with Crippen molar-refractivity contribution in [2.75, 3.05) is 13.1 Å². The van der Waals surface area contributed by atoms with E-state index in [9.17, 15) is 0 Å². The van der Waals surface area contributed by atoms with E-state index >= 15 is 0 Å². The van der Waals surface area contributed by atoms with Crippen molar-refractivity contribution in [1.29, 1.82) is 0 Å². The third-order valence-electron chi connectivity index (χ3n) is 7.16. The van der Waals surface area contributed by atoms with Crippen LogP contribution in [-0.2, 0) is 6.54 Å². The first-order valence-electron chi connectivity index (χ1n) is 12.6. The van der Waals surface area contributed by atoms with Gasteiger partial charge in [-0.2, -0.15) is 5.10 Å². The van der Waals surface area contributed by atoms with E-state index in [1.54, 1.807) is 11.3 Å². The molecule has 5 heterocycles. The van der Waals surface area contributed by atoms with Crippen molar-refractivity contribution in [2.24, 2.45) is 0 Å². The molecule has 1 aliphatic heterocycles. The number of likely N-dealkylation sites (tertiary alicyclic amines) is 1. The summed E-state index contributed by atoms with van der Waals surface area (Å²) in [5.41, 5.74) is 8.38. The summed E-state index contributed by atoms with van der Waals surface area (Å²) < 4.78 is 1.96. The monoisotopic (exact) mass is 506 g/mol. The molecule has 2 N–H and O–H groups in total. The molecule has 0 saturated carbocycles. The Balaban J connectivity index is 1.04. The highest BCUT2D eigenvalue weighted by Gasteiger charge is 2.24. The third kappa shape index (κ3) is 4.26. The van der Waals surface area contributed by atoms with Crippen LogP contribution >= 0.6 is 11.3 Å². The Morgan fingerprint density at radius 2 is 1.73 bits per heavy atom. The topological polar surface area (TPSA) is 90.8 Å². The lowest BCUT2D eigenvalue weighted by Crippen LogP contribution is -2.32. The van der Waals surface area contributed by atoms with Gasteiger partial charge in [-0.05, 0) is 43.6 Å². The van der Waals surface area contributed by atoms with Crippen LogP contribution in [0, 0.1) is 0 Å². The average molecular weight is 507 g/mol. The van der Waals surface area contributed by atoms with E-state index in [2.05, 4.69) is 78.7 Å². The summed E-state index contributed by atoms with van der Waals surface area (Å²) in [5.74, 6) is 2.23. The van der Waals surface area contributed by atoms with E-state index in [0.717, 1.165) is 77.3 Å². The van der Waals surface area contributed by atoms with Gasteiger partial charge in [0.05, 0.1) is 5.69 Å². The van der Waals surface area contributed by atoms with Gasteiger partial charge in [-0.3, -0.25) is 4.90 Å². The highest BCUT2D eigenvalue weighted by Crippen LogP contribution is 2.34. The average Bonchev–Trinajstić information content (AvgIpc) is 3.75. The second-order valence-corrected chi connectivity index (χ2v) is 10.3. The minimum atomic E-state index is 0.425. The molecule has 9 heteroatoms. The normalized spacial score (nSPS) is 15.0. The number of imidazole rings is 1. The zero-order valence-corrected chi connectivity index (χ0v) is 21.0. The quantitative estimate of drug-likeness (QED) is 0.306. The fraction of sp³-hybridized carbons (Fsp3) is 0.214. The summed E-state index contributed by atoms with van der Waals surface area (Å²) in [6.07, 6.45) is 4.06. The molecule has 0 bridgehead atoms. The van der Waals surface area contributed by atoms with Crippen LogP contribution < -0.4 is 0 Å². The van der Waals surface area contributed by atoms with Gasteiger partial charge >= 0.3 is 0 Å². The van der Waals surface area contributed by atoms with Crippen molar-refractivity contribution in [3.8, 4) is 34.0 Å². The fourth-order valence-electron chi connectivity index (χ4n) is 5.20. The van der Waals surface area contributed by atoms with E-state index in [-0.39, 0.29) is 0 Å². The Morgan fingerprint density at radius 1 is 0.892 bits per heavy atom. The highest BCUT2D eigenvalue weighted by atomic mass is 32.1. The minimum Gasteiger partial charge on any atom is -0.359 e. The van der Waals surface area contributed by atoms with Gasteiger partial charge in [-0.15, -0.1) is 10.2 Å². The molecule has 1 fully saturated rings. The van der Waals surface area contributed by atoms with Gasteiger partial charge in [-0.25, -0.2) is 9.50 Å². The van der Waals surface area contributed by atoms with Gasteiger partial charge in [0, 0.05) is 29.8 Å². The van der Waals surface area contributed by atoms with Crippen LogP contribution in [0.4, 0.5) is 0 Å². The molecule has 1 aliphatic rings. The molecule has 1 saturated heterocycles. The van der Waals surface area contributed by atoms with Gasteiger partial charge in [-0.1, -0.05) is 65.9 Å². The molecule has 0 unspecified atom stereocenters. The van der Waals surface area contributed by atoms with Crippen molar-refractivity contribution < 1.29 is 0 Å². The number of nitrogens with zero attached hydrogens (tertiary/aromatic N) is 6. The van der Waals surface area contributed by atoms with Crippen molar-refractivity contribution in [1.82, 2.24) is 39.7 Å². The zero-order chi connectivity index (χ0) is 24.6. The molecule has 0 spiro atoms. The lowest BCUT2D eigenvalue weighted by Gasteiger charge is -2.30.